The number of amides is 1. The molecule has 0 spiro atoms. The fourth-order valence-electron chi connectivity index (χ4n) is 4.73. The lowest BCUT2D eigenvalue weighted by Gasteiger charge is -2.26. The Bertz CT molecular complexity index is 1130. The molecule has 0 unspecified atom stereocenters. The Morgan fingerprint density at radius 3 is 2.50 bits per heavy atom. The number of ether oxygens (including phenoxy) is 2. The molecule has 0 saturated carbocycles. The van der Waals surface area contributed by atoms with E-state index in [9.17, 15) is 14.7 Å². The van der Waals surface area contributed by atoms with Gasteiger partial charge in [-0.1, -0.05) is 45.0 Å². The predicted molar refractivity (Wildman–Crippen MR) is 131 cm³/mol. The third-order valence-electron chi connectivity index (χ3n) is 6.55. The molecular weight excluding hydrogens is 430 g/mol. The van der Waals surface area contributed by atoms with Crippen molar-refractivity contribution < 1.29 is 24.2 Å². The minimum Gasteiger partial charge on any atom is -0.507 e. The zero-order valence-corrected chi connectivity index (χ0v) is 20.6. The maximum atomic E-state index is 13.2. The highest BCUT2D eigenvalue weighted by Gasteiger charge is 2.46. The quantitative estimate of drug-likeness (QED) is 0.289. The van der Waals surface area contributed by atoms with Gasteiger partial charge in [0, 0.05) is 32.2 Å². The molecule has 4 rings (SSSR count). The van der Waals surface area contributed by atoms with Crippen molar-refractivity contribution in [3.63, 3.8) is 0 Å². The SMILES string of the molecule is COCCCN1C(=O)C(=O)C(=C(O)c2ccc3c(c2)C[C@@H](C)O3)[C@@H]1c1ccc(C(C)(C)C)cc1. The highest BCUT2D eigenvalue weighted by molar-refractivity contribution is 6.46. The minimum absolute atomic E-state index is 0.0254. The maximum absolute atomic E-state index is 13.2. The smallest absolute Gasteiger partial charge is 0.295 e. The van der Waals surface area contributed by atoms with Crippen LogP contribution in [0.2, 0.25) is 0 Å². The maximum Gasteiger partial charge on any atom is 0.295 e. The van der Waals surface area contributed by atoms with Crippen molar-refractivity contribution in [1.82, 2.24) is 4.90 Å². The van der Waals surface area contributed by atoms with E-state index in [0.29, 0.717) is 25.1 Å². The van der Waals surface area contributed by atoms with E-state index >= 15 is 0 Å². The molecule has 0 aliphatic carbocycles. The summed E-state index contributed by atoms with van der Waals surface area (Å²) in [7, 11) is 1.61. The predicted octanol–water partition coefficient (Wildman–Crippen LogP) is 4.77. The summed E-state index contributed by atoms with van der Waals surface area (Å²) in [5.74, 6) is -0.621. The number of aliphatic hydroxyl groups is 1. The lowest BCUT2D eigenvalue weighted by Crippen LogP contribution is -2.31. The third kappa shape index (κ3) is 4.47. The van der Waals surface area contributed by atoms with Crippen LogP contribution in [-0.2, 0) is 26.2 Å². The van der Waals surface area contributed by atoms with Crippen molar-refractivity contribution in [3.8, 4) is 5.75 Å². The largest absolute Gasteiger partial charge is 0.507 e. The summed E-state index contributed by atoms with van der Waals surface area (Å²) < 4.78 is 10.9. The molecule has 2 aromatic rings. The summed E-state index contributed by atoms with van der Waals surface area (Å²) in [5, 5.41) is 11.3. The lowest BCUT2D eigenvalue weighted by atomic mass is 9.85. The molecule has 0 radical (unpaired) electrons. The van der Waals surface area contributed by atoms with E-state index in [4.69, 9.17) is 9.47 Å². The van der Waals surface area contributed by atoms with Crippen molar-refractivity contribution in [3.05, 3.63) is 70.3 Å². The molecule has 1 fully saturated rings. The fourth-order valence-corrected chi connectivity index (χ4v) is 4.73. The minimum atomic E-state index is -0.662. The molecule has 2 aliphatic rings. The van der Waals surface area contributed by atoms with Crippen LogP contribution in [0.3, 0.4) is 0 Å². The van der Waals surface area contributed by atoms with Crippen LogP contribution in [0, 0.1) is 0 Å². The highest BCUT2D eigenvalue weighted by atomic mass is 16.5. The first kappa shape index (κ1) is 24.0. The summed E-state index contributed by atoms with van der Waals surface area (Å²) in [6.07, 6.45) is 1.40. The van der Waals surface area contributed by atoms with Gasteiger partial charge in [0.1, 0.15) is 17.6 Å². The van der Waals surface area contributed by atoms with Crippen LogP contribution in [0.25, 0.3) is 5.76 Å². The van der Waals surface area contributed by atoms with Crippen LogP contribution >= 0.6 is 0 Å². The summed E-state index contributed by atoms with van der Waals surface area (Å²) in [6, 6.07) is 12.7. The topological polar surface area (TPSA) is 76.1 Å². The molecule has 2 atom stereocenters. The molecule has 180 valence electrons. The molecule has 2 aliphatic heterocycles. The molecule has 2 heterocycles. The van der Waals surface area contributed by atoms with E-state index in [-0.39, 0.29) is 22.9 Å². The van der Waals surface area contributed by atoms with Crippen LogP contribution in [0.4, 0.5) is 0 Å². The Morgan fingerprint density at radius 2 is 1.85 bits per heavy atom. The first-order chi connectivity index (χ1) is 16.1. The summed E-state index contributed by atoms with van der Waals surface area (Å²) >= 11 is 0. The number of likely N-dealkylation sites (tertiary alicyclic amines) is 1. The first-order valence-corrected chi connectivity index (χ1v) is 11.8. The lowest BCUT2D eigenvalue weighted by molar-refractivity contribution is -0.140. The Kier molecular flexibility index (Phi) is 6.54. The van der Waals surface area contributed by atoms with Gasteiger partial charge in [-0.25, -0.2) is 0 Å². The van der Waals surface area contributed by atoms with Gasteiger partial charge in [0.2, 0.25) is 0 Å². The van der Waals surface area contributed by atoms with E-state index in [1.807, 2.05) is 43.3 Å². The number of rotatable bonds is 6. The van der Waals surface area contributed by atoms with Crippen LogP contribution in [0.1, 0.15) is 62.4 Å². The number of Topliss-reactive ketones (excluding diaryl/α,β-unsaturated/α-hetero) is 1. The second-order valence-electron chi connectivity index (χ2n) is 10.2. The highest BCUT2D eigenvalue weighted by Crippen LogP contribution is 2.41. The van der Waals surface area contributed by atoms with Crippen molar-refractivity contribution >= 4 is 17.4 Å². The van der Waals surface area contributed by atoms with Crippen LogP contribution in [0.5, 0.6) is 5.75 Å². The summed E-state index contributed by atoms with van der Waals surface area (Å²) in [4.78, 5) is 27.8. The van der Waals surface area contributed by atoms with E-state index in [0.717, 1.165) is 28.9 Å². The Morgan fingerprint density at radius 1 is 1.15 bits per heavy atom. The van der Waals surface area contributed by atoms with Crippen LogP contribution in [-0.4, -0.2) is 48.1 Å². The monoisotopic (exact) mass is 463 g/mol. The van der Waals surface area contributed by atoms with Gasteiger partial charge in [-0.3, -0.25) is 9.59 Å². The molecule has 6 heteroatoms. The zero-order chi connectivity index (χ0) is 24.6. The van der Waals surface area contributed by atoms with Gasteiger partial charge in [-0.15, -0.1) is 0 Å². The Balaban J connectivity index is 1.79. The van der Waals surface area contributed by atoms with Gasteiger partial charge >= 0.3 is 0 Å². The van der Waals surface area contributed by atoms with Crippen molar-refractivity contribution in [2.75, 3.05) is 20.3 Å². The number of hydrogen-bond donors (Lipinski definition) is 1. The molecule has 1 N–H and O–H groups in total. The molecule has 1 saturated heterocycles. The van der Waals surface area contributed by atoms with E-state index < -0.39 is 17.7 Å². The molecular formula is C28H33NO5. The summed E-state index contributed by atoms with van der Waals surface area (Å²) in [5.41, 5.74) is 3.55. The number of ketones is 1. The number of methoxy groups -OCH3 is 1. The Labute approximate surface area is 201 Å². The number of fused-ring (bicyclic) bond motifs is 1. The molecule has 2 aromatic carbocycles. The van der Waals surface area contributed by atoms with Gasteiger partial charge in [-0.2, -0.15) is 0 Å². The van der Waals surface area contributed by atoms with E-state index in [2.05, 4.69) is 20.8 Å². The number of benzene rings is 2. The second-order valence-corrected chi connectivity index (χ2v) is 10.2. The zero-order valence-electron chi connectivity index (χ0n) is 20.6. The standard InChI is InChI=1S/C28H33NO5/c1-17-15-20-16-19(9-12-22(20)34-17)25(30)23-24(18-7-10-21(11-8-18)28(2,3)4)29(13-6-14-33-5)27(32)26(23)31/h7-12,16-17,24,30H,6,13-15H2,1-5H3/t17-,24+/m1/s1. The third-order valence-corrected chi connectivity index (χ3v) is 6.55. The number of carbonyl (C=O) groups excluding carboxylic acids is 2. The van der Waals surface area contributed by atoms with Crippen LogP contribution < -0.4 is 4.74 Å². The number of carbonyl (C=O) groups is 2. The van der Waals surface area contributed by atoms with E-state index in [1.54, 1.807) is 18.1 Å². The van der Waals surface area contributed by atoms with Gasteiger partial charge in [0.25, 0.3) is 11.7 Å². The van der Waals surface area contributed by atoms with Gasteiger partial charge in [0.05, 0.1) is 11.6 Å². The van der Waals surface area contributed by atoms with E-state index in [1.165, 1.54) is 0 Å². The molecule has 6 nitrogen and oxygen atoms in total. The van der Waals surface area contributed by atoms with Gasteiger partial charge in [0.15, 0.2) is 0 Å². The molecule has 1 amide bonds. The Hall–Kier alpha value is -3.12. The normalized spacial score (nSPS) is 21.6. The molecule has 34 heavy (non-hydrogen) atoms. The van der Waals surface area contributed by atoms with Gasteiger partial charge < -0.3 is 19.5 Å². The van der Waals surface area contributed by atoms with Crippen molar-refractivity contribution in [2.45, 2.75) is 58.1 Å². The second kappa shape index (κ2) is 9.26. The van der Waals surface area contributed by atoms with Crippen molar-refractivity contribution in [2.24, 2.45) is 0 Å². The number of aliphatic hydroxyl groups excluding tert-OH is 1. The van der Waals surface area contributed by atoms with Gasteiger partial charge in [-0.05, 0) is 53.6 Å². The van der Waals surface area contributed by atoms with Crippen molar-refractivity contribution in [1.29, 1.82) is 0 Å². The average molecular weight is 464 g/mol. The molecule has 0 bridgehead atoms. The molecule has 0 aromatic heterocycles. The fraction of sp³-hybridized carbons (Fsp3) is 0.429. The average Bonchev–Trinajstić information content (AvgIpc) is 3.29. The number of nitrogens with zero attached hydrogens (tertiary/aromatic N) is 1. The summed E-state index contributed by atoms with van der Waals surface area (Å²) in [6.45, 7) is 9.23. The van der Waals surface area contributed by atoms with Crippen LogP contribution in [0.15, 0.2) is 48.0 Å². The first-order valence-electron chi connectivity index (χ1n) is 11.8. The number of hydrogen-bond acceptors (Lipinski definition) is 5.